The number of nitrogens with one attached hydrogen (secondary N) is 1. The Morgan fingerprint density at radius 3 is 2.40 bits per heavy atom. The summed E-state index contributed by atoms with van der Waals surface area (Å²) in [5, 5.41) is 3.61. The number of nitrogens with two attached hydrogens (primary N) is 1. The van der Waals surface area contributed by atoms with Crippen molar-refractivity contribution in [2.24, 2.45) is 5.73 Å². The molecule has 1 aliphatic rings. The van der Waals surface area contributed by atoms with Crippen molar-refractivity contribution in [1.82, 2.24) is 9.97 Å². The molecule has 1 aromatic carbocycles. The molecule has 0 radical (unpaired) electrons. The summed E-state index contributed by atoms with van der Waals surface area (Å²) in [7, 11) is 0. The highest BCUT2D eigenvalue weighted by molar-refractivity contribution is 5.76. The molecule has 1 saturated carbocycles. The lowest BCUT2D eigenvalue weighted by atomic mass is 9.81. The number of para-hydroxylation sites is 2. The van der Waals surface area contributed by atoms with Gasteiger partial charge in [0.25, 0.3) is 0 Å². The minimum atomic E-state index is 0.000146. The van der Waals surface area contributed by atoms with Gasteiger partial charge < -0.3 is 11.1 Å². The lowest BCUT2D eigenvalue weighted by Gasteiger charge is -2.37. The predicted octanol–water partition coefficient (Wildman–Crippen LogP) is 3.01. The van der Waals surface area contributed by atoms with Crippen molar-refractivity contribution in [1.29, 1.82) is 0 Å². The highest BCUT2D eigenvalue weighted by atomic mass is 15.1. The van der Waals surface area contributed by atoms with Gasteiger partial charge in [0.05, 0.1) is 22.3 Å². The van der Waals surface area contributed by atoms with Crippen molar-refractivity contribution in [3.05, 3.63) is 30.0 Å². The van der Waals surface area contributed by atoms with Gasteiger partial charge in [0, 0.05) is 6.54 Å². The van der Waals surface area contributed by atoms with E-state index in [0.717, 1.165) is 35.4 Å². The molecule has 3 rings (SSSR count). The number of aryl methyl sites for hydroxylation is 1. The molecule has 4 nitrogen and oxygen atoms in total. The lowest BCUT2D eigenvalue weighted by molar-refractivity contribution is 0.330. The van der Waals surface area contributed by atoms with E-state index >= 15 is 0 Å². The first kappa shape index (κ1) is 13.3. The molecule has 0 saturated heterocycles. The van der Waals surface area contributed by atoms with Crippen molar-refractivity contribution < 1.29 is 0 Å². The maximum Gasteiger partial charge on any atom is 0.148 e. The fourth-order valence-electron chi connectivity index (χ4n) is 3.07. The van der Waals surface area contributed by atoms with Crippen LogP contribution in [0.4, 0.5) is 5.82 Å². The molecule has 1 fully saturated rings. The predicted molar refractivity (Wildman–Crippen MR) is 82.8 cm³/mol. The third kappa shape index (κ3) is 2.48. The highest BCUT2D eigenvalue weighted by Gasteiger charge is 2.31. The lowest BCUT2D eigenvalue weighted by Crippen LogP contribution is -2.47. The van der Waals surface area contributed by atoms with Crippen molar-refractivity contribution in [2.45, 2.75) is 44.6 Å². The number of rotatable bonds is 3. The van der Waals surface area contributed by atoms with Crippen LogP contribution in [-0.4, -0.2) is 22.1 Å². The van der Waals surface area contributed by atoms with Crippen molar-refractivity contribution in [3.63, 3.8) is 0 Å². The van der Waals surface area contributed by atoms with Gasteiger partial charge in [-0.3, -0.25) is 0 Å². The van der Waals surface area contributed by atoms with E-state index < -0.39 is 0 Å². The Morgan fingerprint density at radius 1 is 1.10 bits per heavy atom. The van der Waals surface area contributed by atoms with Gasteiger partial charge in [0.2, 0.25) is 0 Å². The molecule has 1 aliphatic carbocycles. The summed E-state index contributed by atoms with van der Waals surface area (Å²) < 4.78 is 0. The van der Waals surface area contributed by atoms with E-state index in [1.165, 1.54) is 19.3 Å². The van der Waals surface area contributed by atoms with Gasteiger partial charge in [0.15, 0.2) is 0 Å². The van der Waals surface area contributed by atoms with Crippen molar-refractivity contribution >= 4 is 16.9 Å². The van der Waals surface area contributed by atoms with Gasteiger partial charge in [0.1, 0.15) is 5.82 Å². The number of hydrogen-bond acceptors (Lipinski definition) is 4. The number of aromatic nitrogens is 2. The van der Waals surface area contributed by atoms with Crippen LogP contribution in [0.5, 0.6) is 0 Å². The Labute approximate surface area is 119 Å². The molecule has 0 bridgehead atoms. The molecule has 0 amide bonds. The standard InChI is InChI=1S/C16H22N4/c1-12-15(19-14-8-4-3-7-13(14)18-12)20-16(11-17)9-5-2-6-10-16/h3-4,7-8H,2,5-6,9-11,17H2,1H3,(H,19,20). The molecule has 1 aromatic heterocycles. The second-order valence-electron chi connectivity index (χ2n) is 5.82. The molecule has 2 aromatic rings. The number of benzene rings is 1. The first-order chi connectivity index (χ1) is 9.72. The highest BCUT2D eigenvalue weighted by Crippen LogP contribution is 2.31. The van der Waals surface area contributed by atoms with Crippen LogP contribution in [0.2, 0.25) is 0 Å². The topological polar surface area (TPSA) is 63.8 Å². The van der Waals surface area contributed by atoms with Gasteiger partial charge in [-0.2, -0.15) is 0 Å². The minimum absolute atomic E-state index is 0.000146. The van der Waals surface area contributed by atoms with E-state index in [1.807, 2.05) is 31.2 Å². The third-order valence-corrected chi connectivity index (χ3v) is 4.33. The van der Waals surface area contributed by atoms with E-state index in [0.29, 0.717) is 6.54 Å². The van der Waals surface area contributed by atoms with Gasteiger partial charge in [-0.25, -0.2) is 9.97 Å². The van der Waals surface area contributed by atoms with Crippen molar-refractivity contribution in [2.75, 3.05) is 11.9 Å². The zero-order valence-electron chi connectivity index (χ0n) is 12.0. The van der Waals surface area contributed by atoms with Gasteiger partial charge in [-0.15, -0.1) is 0 Å². The van der Waals surface area contributed by atoms with Gasteiger partial charge in [-0.05, 0) is 31.9 Å². The number of nitrogens with zero attached hydrogens (tertiary/aromatic N) is 2. The summed E-state index contributed by atoms with van der Waals surface area (Å²) in [5.41, 5.74) is 8.86. The van der Waals surface area contributed by atoms with E-state index in [4.69, 9.17) is 10.7 Å². The van der Waals surface area contributed by atoms with E-state index in [9.17, 15) is 0 Å². The molecule has 106 valence electrons. The van der Waals surface area contributed by atoms with Gasteiger partial charge in [-0.1, -0.05) is 31.4 Å². The van der Waals surface area contributed by atoms with E-state index in [-0.39, 0.29) is 5.54 Å². The smallest absolute Gasteiger partial charge is 0.148 e. The Bertz CT molecular complexity index is 602. The van der Waals surface area contributed by atoms with Crippen LogP contribution in [0, 0.1) is 6.92 Å². The molecule has 0 aliphatic heterocycles. The summed E-state index contributed by atoms with van der Waals surface area (Å²) in [6, 6.07) is 7.99. The maximum atomic E-state index is 6.04. The van der Waals surface area contributed by atoms with Crippen LogP contribution in [0.15, 0.2) is 24.3 Å². The van der Waals surface area contributed by atoms with Gasteiger partial charge >= 0.3 is 0 Å². The minimum Gasteiger partial charge on any atom is -0.362 e. The van der Waals surface area contributed by atoms with E-state index in [2.05, 4.69) is 10.3 Å². The average molecular weight is 270 g/mol. The molecule has 3 N–H and O–H groups in total. The normalized spacial score (nSPS) is 18.1. The summed E-state index contributed by atoms with van der Waals surface area (Å²) in [4.78, 5) is 9.37. The Balaban J connectivity index is 1.95. The number of anilines is 1. The first-order valence-electron chi connectivity index (χ1n) is 7.44. The molecular weight excluding hydrogens is 248 g/mol. The zero-order valence-corrected chi connectivity index (χ0v) is 12.0. The summed E-state index contributed by atoms with van der Waals surface area (Å²) >= 11 is 0. The Kier molecular flexibility index (Phi) is 3.57. The second kappa shape index (κ2) is 5.37. The summed E-state index contributed by atoms with van der Waals surface area (Å²) in [5.74, 6) is 0.885. The largest absolute Gasteiger partial charge is 0.362 e. The molecule has 20 heavy (non-hydrogen) atoms. The summed E-state index contributed by atoms with van der Waals surface area (Å²) in [6.07, 6.45) is 6.04. The van der Waals surface area contributed by atoms with Crippen LogP contribution in [0.3, 0.4) is 0 Å². The zero-order chi connectivity index (χ0) is 14.0. The Hall–Kier alpha value is -1.68. The quantitative estimate of drug-likeness (QED) is 0.900. The fraction of sp³-hybridized carbons (Fsp3) is 0.500. The van der Waals surface area contributed by atoms with Crippen LogP contribution >= 0.6 is 0 Å². The molecule has 1 heterocycles. The molecule has 0 spiro atoms. The SMILES string of the molecule is Cc1nc2ccccc2nc1NC1(CN)CCCCC1. The van der Waals surface area contributed by atoms with Crippen LogP contribution in [0.25, 0.3) is 11.0 Å². The molecule has 0 atom stereocenters. The maximum absolute atomic E-state index is 6.04. The fourth-order valence-corrected chi connectivity index (χ4v) is 3.07. The second-order valence-corrected chi connectivity index (χ2v) is 5.82. The molecular formula is C16H22N4. The van der Waals surface area contributed by atoms with Crippen LogP contribution < -0.4 is 11.1 Å². The number of hydrogen-bond donors (Lipinski definition) is 2. The average Bonchev–Trinajstić information content (AvgIpc) is 2.49. The monoisotopic (exact) mass is 270 g/mol. The third-order valence-electron chi connectivity index (χ3n) is 4.33. The number of fused-ring (bicyclic) bond motifs is 1. The molecule has 0 unspecified atom stereocenters. The first-order valence-corrected chi connectivity index (χ1v) is 7.44. The van der Waals surface area contributed by atoms with E-state index in [1.54, 1.807) is 0 Å². The summed E-state index contributed by atoms with van der Waals surface area (Å²) in [6.45, 7) is 2.66. The van der Waals surface area contributed by atoms with Crippen LogP contribution in [-0.2, 0) is 0 Å². The van der Waals surface area contributed by atoms with Crippen molar-refractivity contribution in [3.8, 4) is 0 Å². The molecule has 4 heteroatoms. The Morgan fingerprint density at radius 2 is 1.75 bits per heavy atom. The van der Waals surface area contributed by atoms with Crippen LogP contribution in [0.1, 0.15) is 37.8 Å².